The molecule has 0 aliphatic rings. The molecule has 20 heavy (non-hydrogen) atoms. The Labute approximate surface area is 123 Å². The summed E-state index contributed by atoms with van der Waals surface area (Å²) in [6, 6.07) is 11.4. The maximum Gasteiger partial charge on any atom is 0.173 e. The number of para-hydroxylation sites is 1. The molecule has 0 heterocycles. The molecule has 0 saturated heterocycles. The molecular formula is C14H12BrFN2O2. The fourth-order valence-electron chi connectivity index (χ4n) is 1.67. The Morgan fingerprint density at radius 3 is 2.80 bits per heavy atom. The van der Waals surface area contributed by atoms with Gasteiger partial charge < -0.3 is 15.7 Å². The highest BCUT2D eigenvalue weighted by atomic mass is 79.9. The van der Waals surface area contributed by atoms with E-state index in [9.17, 15) is 4.39 Å². The summed E-state index contributed by atoms with van der Waals surface area (Å²) in [4.78, 5) is 0. The van der Waals surface area contributed by atoms with E-state index in [1.165, 1.54) is 6.07 Å². The molecule has 4 nitrogen and oxygen atoms in total. The Balaban J connectivity index is 2.21. The number of hydrogen-bond acceptors (Lipinski definition) is 3. The minimum Gasteiger partial charge on any atom is -0.488 e. The van der Waals surface area contributed by atoms with E-state index < -0.39 is 0 Å². The first-order valence-electron chi connectivity index (χ1n) is 5.75. The van der Waals surface area contributed by atoms with Crippen LogP contribution in [0.5, 0.6) is 5.75 Å². The van der Waals surface area contributed by atoms with Crippen molar-refractivity contribution in [2.45, 2.75) is 6.61 Å². The number of halogens is 2. The lowest BCUT2D eigenvalue weighted by molar-refractivity contribution is 0.297. The van der Waals surface area contributed by atoms with Crippen molar-refractivity contribution in [3.8, 4) is 5.75 Å². The van der Waals surface area contributed by atoms with Crippen LogP contribution in [0.25, 0.3) is 0 Å². The van der Waals surface area contributed by atoms with Gasteiger partial charge >= 0.3 is 0 Å². The van der Waals surface area contributed by atoms with E-state index in [0.717, 1.165) is 4.47 Å². The van der Waals surface area contributed by atoms with Crippen molar-refractivity contribution in [2.24, 2.45) is 10.9 Å². The highest BCUT2D eigenvalue weighted by Crippen LogP contribution is 2.21. The van der Waals surface area contributed by atoms with E-state index in [4.69, 9.17) is 15.7 Å². The van der Waals surface area contributed by atoms with Crippen LogP contribution in [-0.2, 0) is 6.61 Å². The zero-order valence-electron chi connectivity index (χ0n) is 10.4. The number of oxime groups is 1. The van der Waals surface area contributed by atoms with E-state index in [0.29, 0.717) is 16.9 Å². The van der Waals surface area contributed by atoms with Crippen molar-refractivity contribution < 1.29 is 14.3 Å². The number of amidine groups is 1. The predicted octanol–water partition coefficient (Wildman–Crippen LogP) is 3.26. The summed E-state index contributed by atoms with van der Waals surface area (Å²) < 4.78 is 19.9. The zero-order chi connectivity index (χ0) is 14.5. The van der Waals surface area contributed by atoms with Crippen molar-refractivity contribution in [1.29, 1.82) is 0 Å². The highest BCUT2D eigenvalue weighted by Gasteiger charge is 2.09. The molecule has 0 saturated carbocycles. The van der Waals surface area contributed by atoms with Gasteiger partial charge in [-0.3, -0.25) is 0 Å². The number of hydrogen-bond donors (Lipinski definition) is 2. The minimum absolute atomic E-state index is 0.0427. The Hall–Kier alpha value is -2.08. The lowest BCUT2D eigenvalue weighted by Crippen LogP contribution is -2.14. The highest BCUT2D eigenvalue weighted by molar-refractivity contribution is 9.10. The average molecular weight is 339 g/mol. The smallest absolute Gasteiger partial charge is 0.173 e. The van der Waals surface area contributed by atoms with Crippen molar-refractivity contribution in [2.75, 3.05) is 0 Å². The normalized spacial score (nSPS) is 11.4. The first kappa shape index (κ1) is 14.3. The van der Waals surface area contributed by atoms with Gasteiger partial charge in [-0.15, -0.1) is 0 Å². The molecule has 2 aromatic rings. The van der Waals surface area contributed by atoms with Crippen molar-refractivity contribution in [1.82, 2.24) is 0 Å². The minimum atomic E-state index is -0.352. The molecule has 0 radical (unpaired) electrons. The van der Waals surface area contributed by atoms with E-state index >= 15 is 0 Å². The van der Waals surface area contributed by atoms with E-state index in [1.54, 1.807) is 36.4 Å². The largest absolute Gasteiger partial charge is 0.488 e. The molecule has 0 aromatic heterocycles. The van der Waals surface area contributed by atoms with Crippen molar-refractivity contribution >= 4 is 21.8 Å². The van der Waals surface area contributed by atoms with E-state index in [-0.39, 0.29) is 18.3 Å². The van der Waals surface area contributed by atoms with Gasteiger partial charge in [-0.2, -0.15) is 0 Å². The van der Waals surface area contributed by atoms with Gasteiger partial charge in [-0.05, 0) is 30.3 Å². The van der Waals surface area contributed by atoms with Crippen LogP contribution in [0.3, 0.4) is 0 Å². The van der Waals surface area contributed by atoms with Gasteiger partial charge in [-0.1, -0.05) is 33.2 Å². The second kappa shape index (κ2) is 6.38. The molecule has 0 unspecified atom stereocenters. The molecule has 2 aromatic carbocycles. The molecule has 3 N–H and O–H groups in total. The fourth-order valence-corrected chi connectivity index (χ4v) is 2.08. The number of benzene rings is 2. The van der Waals surface area contributed by atoms with Gasteiger partial charge in [0.05, 0.1) is 5.56 Å². The van der Waals surface area contributed by atoms with E-state index in [2.05, 4.69) is 21.1 Å². The Morgan fingerprint density at radius 1 is 1.30 bits per heavy atom. The summed E-state index contributed by atoms with van der Waals surface area (Å²) >= 11 is 3.28. The van der Waals surface area contributed by atoms with E-state index in [1.807, 2.05) is 0 Å². The molecule has 2 rings (SSSR count). The van der Waals surface area contributed by atoms with Crippen molar-refractivity contribution in [3.05, 3.63) is 63.9 Å². The zero-order valence-corrected chi connectivity index (χ0v) is 12.0. The van der Waals surface area contributed by atoms with Crippen LogP contribution in [0.4, 0.5) is 4.39 Å². The second-order valence-electron chi connectivity index (χ2n) is 4.01. The molecular weight excluding hydrogens is 327 g/mol. The Kier molecular flexibility index (Phi) is 4.57. The number of nitrogens with zero attached hydrogens (tertiary/aromatic N) is 1. The third kappa shape index (κ3) is 3.27. The molecule has 0 amide bonds. The first-order valence-corrected chi connectivity index (χ1v) is 6.54. The summed E-state index contributed by atoms with van der Waals surface area (Å²) in [5.74, 6) is 0.00645. The average Bonchev–Trinajstić information content (AvgIpc) is 2.47. The van der Waals surface area contributed by atoms with Crippen LogP contribution in [0.1, 0.15) is 11.1 Å². The van der Waals surface area contributed by atoms with Crippen LogP contribution in [0, 0.1) is 5.82 Å². The molecule has 104 valence electrons. The van der Waals surface area contributed by atoms with Crippen LogP contribution >= 0.6 is 15.9 Å². The first-order chi connectivity index (χ1) is 9.61. The van der Waals surface area contributed by atoms with Gasteiger partial charge in [-0.25, -0.2) is 4.39 Å². The number of rotatable bonds is 4. The van der Waals surface area contributed by atoms with Gasteiger partial charge in [0.2, 0.25) is 0 Å². The van der Waals surface area contributed by atoms with Gasteiger partial charge in [0.1, 0.15) is 18.2 Å². The second-order valence-corrected chi connectivity index (χ2v) is 4.92. The maximum absolute atomic E-state index is 13.6. The lowest BCUT2D eigenvalue weighted by atomic mass is 10.2. The monoisotopic (exact) mass is 338 g/mol. The molecule has 0 aliphatic heterocycles. The molecule has 0 aliphatic carbocycles. The van der Waals surface area contributed by atoms with Crippen LogP contribution in [-0.4, -0.2) is 11.0 Å². The topological polar surface area (TPSA) is 67.8 Å². The molecule has 0 spiro atoms. The fraction of sp³-hybridized carbons (Fsp3) is 0.0714. The Bertz CT molecular complexity index is 647. The van der Waals surface area contributed by atoms with Crippen LogP contribution < -0.4 is 10.5 Å². The molecule has 0 bridgehead atoms. The van der Waals surface area contributed by atoms with Gasteiger partial charge in [0, 0.05) is 10.0 Å². The summed E-state index contributed by atoms with van der Waals surface area (Å²) in [6.45, 7) is 0.0427. The molecule has 6 heteroatoms. The number of ether oxygens (including phenoxy) is 1. The quantitative estimate of drug-likeness (QED) is 0.389. The third-order valence-corrected chi connectivity index (χ3v) is 3.15. The number of nitrogens with two attached hydrogens (primary N) is 1. The van der Waals surface area contributed by atoms with Crippen molar-refractivity contribution in [3.63, 3.8) is 0 Å². The van der Waals surface area contributed by atoms with Gasteiger partial charge in [0.25, 0.3) is 0 Å². The standard InChI is InChI=1S/C14H12BrFN2O2/c15-10-5-6-12(16)9(7-10)8-20-13-4-2-1-3-11(13)14(17)18-19/h1-7,19H,8H2,(H2,17,18). The third-order valence-electron chi connectivity index (χ3n) is 2.66. The Morgan fingerprint density at radius 2 is 2.05 bits per heavy atom. The summed E-state index contributed by atoms with van der Waals surface area (Å²) in [6.07, 6.45) is 0. The van der Waals surface area contributed by atoms with Crippen LogP contribution in [0.15, 0.2) is 52.1 Å². The predicted molar refractivity (Wildman–Crippen MR) is 77.4 cm³/mol. The molecule has 0 atom stereocenters. The summed E-state index contributed by atoms with van der Waals surface area (Å²) in [5.41, 5.74) is 6.42. The lowest BCUT2D eigenvalue weighted by Gasteiger charge is -2.11. The SMILES string of the molecule is N/C(=N\O)c1ccccc1OCc1cc(Br)ccc1F. The van der Waals surface area contributed by atoms with Gasteiger partial charge in [0.15, 0.2) is 5.84 Å². The summed E-state index contributed by atoms with van der Waals surface area (Å²) in [5, 5.41) is 11.7. The summed E-state index contributed by atoms with van der Waals surface area (Å²) in [7, 11) is 0. The maximum atomic E-state index is 13.6. The van der Waals surface area contributed by atoms with Crippen LogP contribution in [0.2, 0.25) is 0 Å². The molecule has 0 fully saturated rings.